The molecule has 6 heteroatoms. The Morgan fingerprint density at radius 3 is 3.24 bits per heavy atom. The van der Waals surface area contributed by atoms with Gasteiger partial charge in [-0.1, -0.05) is 6.07 Å². The number of rotatable bonds is 3. The Balaban J connectivity index is 1.83. The molecule has 3 heterocycles. The molecule has 2 aromatic heterocycles. The van der Waals surface area contributed by atoms with Crippen molar-refractivity contribution in [3.8, 4) is 10.8 Å². The monoisotopic (exact) mass is 252 g/mol. The number of hydrogen-bond acceptors (Lipinski definition) is 5. The molecular weight excluding hydrogens is 240 g/mol. The van der Waals surface area contributed by atoms with Crippen LogP contribution >= 0.6 is 11.3 Å². The van der Waals surface area contributed by atoms with Crippen molar-refractivity contribution in [3.05, 3.63) is 28.1 Å². The number of ether oxygens (including phenoxy) is 1. The van der Waals surface area contributed by atoms with Gasteiger partial charge in [-0.2, -0.15) is 4.68 Å². The standard InChI is InChI=1S/C11H12N2O3S/c14-11-13(7-8-3-1-5-15-8)12-10(16-11)9-4-2-6-17-9/h2,4,6,8H,1,3,5,7H2. The minimum Gasteiger partial charge on any atom is -0.387 e. The van der Waals surface area contributed by atoms with Crippen molar-refractivity contribution in [1.82, 2.24) is 9.78 Å². The van der Waals surface area contributed by atoms with Crippen LogP contribution in [0.25, 0.3) is 10.8 Å². The molecule has 3 rings (SSSR count). The first-order chi connectivity index (χ1) is 8.33. The van der Waals surface area contributed by atoms with E-state index in [1.165, 1.54) is 16.0 Å². The summed E-state index contributed by atoms with van der Waals surface area (Å²) < 4.78 is 11.9. The molecule has 0 aromatic carbocycles. The van der Waals surface area contributed by atoms with Crippen LogP contribution in [0.2, 0.25) is 0 Å². The lowest BCUT2D eigenvalue weighted by Gasteiger charge is -2.06. The van der Waals surface area contributed by atoms with E-state index in [9.17, 15) is 4.79 Å². The Labute approximate surface area is 102 Å². The van der Waals surface area contributed by atoms with E-state index in [2.05, 4.69) is 5.10 Å². The highest BCUT2D eigenvalue weighted by Crippen LogP contribution is 2.21. The SMILES string of the molecule is O=c1oc(-c2cccs2)nn1CC1CCCO1. The van der Waals surface area contributed by atoms with Gasteiger partial charge in [-0.15, -0.1) is 16.4 Å². The first kappa shape index (κ1) is 10.7. The average Bonchev–Trinajstić information content (AvgIpc) is 3.02. The van der Waals surface area contributed by atoms with Crippen LogP contribution in [0.3, 0.4) is 0 Å². The molecule has 0 saturated carbocycles. The van der Waals surface area contributed by atoms with Crippen molar-refractivity contribution in [2.24, 2.45) is 0 Å². The zero-order valence-corrected chi connectivity index (χ0v) is 9.98. The molecule has 0 radical (unpaired) electrons. The fourth-order valence-electron chi connectivity index (χ4n) is 1.90. The third kappa shape index (κ3) is 2.18. The van der Waals surface area contributed by atoms with E-state index in [-0.39, 0.29) is 6.10 Å². The molecule has 0 amide bonds. The van der Waals surface area contributed by atoms with Gasteiger partial charge in [0, 0.05) is 6.61 Å². The highest BCUT2D eigenvalue weighted by Gasteiger charge is 2.19. The van der Waals surface area contributed by atoms with E-state index in [1.807, 2.05) is 17.5 Å². The summed E-state index contributed by atoms with van der Waals surface area (Å²) in [5, 5.41) is 6.11. The summed E-state index contributed by atoms with van der Waals surface area (Å²) in [6.45, 7) is 1.25. The molecule has 0 spiro atoms. The van der Waals surface area contributed by atoms with Crippen molar-refractivity contribution in [1.29, 1.82) is 0 Å². The van der Waals surface area contributed by atoms with Crippen molar-refractivity contribution < 1.29 is 9.15 Å². The van der Waals surface area contributed by atoms with Crippen LogP contribution in [0.4, 0.5) is 0 Å². The highest BCUT2D eigenvalue weighted by molar-refractivity contribution is 7.13. The molecule has 0 bridgehead atoms. The van der Waals surface area contributed by atoms with E-state index in [1.54, 1.807) is 0 Å². The zero-order chi connectivity index (χ0) is 11.7. The first-order valence-corrected chi connectivity index (χ1v) is 6.44. The molecular formula is C11H12N2O3S. The fraction of sp³-hybridized carbons (Fsp3) is 0.455. The summed E-state index contributed by atoms with van der Waals surface area (Å²) in [5.41, 5.74) is 0. The predicted octanol–water partition coefficient (Wildman–Crippen LogP) is 1.74. The van der Waals surface area contributed by atoms with E-state index in [0.29, 0.717) is 12.4 Å². The molecule has 0 N–H and O–H groups in total. The maximum Gasteiger partial charge on any atom is 0.437 e. The smallest absolute Gasteiger partial charge is 0.387 e. The maximum absolute atomic E-state index is 11.6. The molecule has 2 aromatic rings. The zero-order valence-electron chi connectivity index (χ0n) is 9.17. The van der Waals surface area contributed by atoms with Crippen molar-refractivity contribution >= 4 is 11.3 Å². The minimum atomic E-state index is -0.413. The van der Waals surface area contributed by atoms with Crippen LogP contribution < -0.4 is 5.76 Å². The molecule has 5 nitrogen and oxygen atoms in total. The second kappa shape index (κ2) is 4.46. The number of hydrogen-bond donors (Lipinski definition) is 0. The Bertz CT molecular complexity index is 537. The van der Waals surface area contributed by atoms with Gasteiger partial charge in [-0.25, -0.2) is 4.79 Å². The van der Waals surface area contributed by atoms with Crippen LogP contribution in [0.15, 0.2) is 26.7 Å². The van der Waals surface area contributed by atoms with E-state index in [0.717, 1.165) is 24.3 Å². The van der Waals surface area contributed by atoms with Crippen LogP contribution in [-0.4, -0.2) is 22.5 Å². The highest BCUT2D eigenvalue weighted by atomic mass is 32.1. The van der Waals surface area contributed by atoms with Gasteiger partial charge in [0.05, 0.1) is 17.5 Å². The van der Waals surface area contributed by atoms with Gasteiger partial charge >= 0.3 is 5.76 Å². The van der Waals surface area contributed by atoms with Crippen molar-refractivity contribution in [2.75, 3.05) is 6.61 Å². The van der Waals surface area contributed by atoms with Gasteiger partial charge < -0.3 is 9.15 Å². The molecule has 17 heavy (non-hydrogen) atoms. The largest absolute Gasteiger partial charge is 0.437 e. The summed E-state index contributed by atoms with van der Waals surface area (Å²) in [5.74, 6) is -0.0214. The van der Waals surface area contributed by atoms with Gasteiger partial charge in [0.15, 0.2) is 0 Å². The Morgan fingerprint density at radius 1 is 1.59 bits per heavy atom. The molecule has 1 saturated heterocycles. The van der Waals surface area contributed by atoms with Crippen LogP contribution in [0, 0.1) is 0 Å². The maximum atomic E-state index is 11.6. The van der Waals surface area contributed by atoms with Crippen molar-refractivity contribution in [2.45, 2.75) is 25.5 Å². The molecule has 1 aliphatic heterocycles. The summed E-state index contributed by atoms with van der Waals surface area (Å²) in [4.78, 5) is 12.5. The molecule has 0 aliphatic carbocycles. The van der Waals surface area contributed by atoms with Crippen LogP contribution in [0.5, 0.6) is 0 Å². The Hall–Kier alpha value is -1.40. The molecule has 1 aliphatic rings. The van der Waals surface area contributed by atoms with E-state index < -0.39 is 5.76 Å². The van der Waals surface area contributed by atoms with Gasteiger partial charge in [-0.3, -0.25) is 0 Å². The molecule has 1 atom stereocenters. The Kier molecular flexibility index (Phi) is 2.82. The minimum absolute atomic E-state index is 0.0917. The van der Waals surface area contributed by atoms with Crippen LogP contribution in [-0.2, 0) is 11.3 Å². The first-order valence-electron chi connectivity index (χ1n) is 5.56. The van der Waals surface area contributed by atoms with E-state index in [4.69, 9.17) is 9.15 Å². The topological polar surface area (TPSA) is 57.3 Å². The number of nitrogens with zero attached hydrogens (tertiary/aromatic N) is 2. The van der Waals surface area contributed by atoms with E-state index >= 15 is 0 Å². The summed E-state index contributed by atoms with van der Waals surface area (Å²) in [6.07, 6.45) is 2.12. The lowest BCUT2D eigenvalue weighted by atomic mass is 10.2. The second-order valence-corrected chi connectivity index (χ2v) is 4.92. The summed E-state index contributed by atoms with van der Waals surface area (Å²) in [6, 6.07) is 3.78. The lowest BCUT2D eigenvalue weighted by Crippen LogP contribution is -2.24. The molecule has 1 unspecified atom stereocenters. The lowest BCUT2D eigenvalue weighted by molar-refractivity contribution is 0.0922. The van der Waals surface area contributed by atoms with Crippen LogP contribution in [0.1, 0.15) is 12.8 Å². The van der Waals surface area contributed by atoms with Gasteiger partial charge in [-0.05, 0) is 24.3 Å². The fourth-order valence-corrected chi connectivity index (χ4v) is 2.55. The van der Waals surface area contributed by atoms with Gasteiger partial charge in [0.2, 0.25) is 0 Å². The Morgan fingerprint density at radius 2 is 2.53 bits per heavy atom. The van der Waals surface area contributed by atoms with Gasteiger partial charge in [0.25, 0.3) is 5.89 Å². The quantitative estimate of drug-likeness (QED) is 0.835. The van der Waals surface area contributed by atoms with Gasteiger partial charge in [0.1, 0.15) is 0 Å². The number of aromatic nitrogens is 2. The normalized spacial score (nSPS) is 19.9. The second-order valence-electron chi connectivity index (χ2n) is 3.97. The third-order valence-electron chi connectivity index (χ3n) is 2.74. The average molecular weight is 252 g/mol. The summed E-state index contributed by atoms with van der Waals surface area (Å²) >= 11 is 1.50. The number of thiophene rings is 1. The third-order valence-corrected chi connectivity index (χ3v) is 3.60. The molecule has 1 fully saturated rings. The van der Waals surface area contributed by atoms with Crippen molar-refractivity contribution in [3.63, 3.8) is 0 Å². The predicted molar refractivity (Wildman–Crippen MR) is 63.1 cm³/mol. The molecule has 90 valence electrons. The summed E-state index contributed by atoms with van der Waals surface area (Å²) in [7, 11) is 0.